The second kappa shape index (κ2) is 4.37. The lowest BCUT2D eigenvalue weighted by molar-refractivity contribution is -0.119. The van der Waals surface area contributed by atoms with Crippen LogP contribution in [0.3, 0.4) is 0 Å². The number of piperidine rings is 1. The van der Waals surface area contributed by atoms with E-state index in [0.29, 0.717) is 41.9 Å². The van der Waals surface area contributed by atoms with Crippen molar-refractivity contribution >= 4 is 34.8 Å². The molecule has 15 heavy (non-hydrogen) atoms. The van der Waals surface area contributed by atoms with Gasteiger partial charge < -0.3 is 4.90 Å². The van der Waals surface area contributed by atoms with Gasteiger partial charge in [-0.05, 0) is 12.1 Å². The van der Waals surface area contributed by atoms with E-state index >= 15 is 0 Å². The predicted molar refractivity (Wildman–Crippen MR) is 60.7 cm³/mol. The summed E-state index contributed by atoms with van der Waals surface area (Å²) in [6.07, 6.45) is 1.15. The largest absolute Gasteiger partial charge is 0.356 e. The fraction of sp³-hybridized carbons (Fsp3) is 0.400. The van der Waals surface area contributed by atoms with E-state index in [2.05, 4.69) is 4.98 Å². The summed E-state index contributed by atoms with van der Waals surface area (Å²) >= 11 is 11.7. The van der Waals surface area contributed by atoms with Crippen molar-refractivity contribution in [2.45, 2.75) is 12.8 Å². The Morgan fingerprint density at radius 1 is 1.20 bits per heavy atom. The Morgan fingerprint density at radius 2 is 1.87 bits per heavy atom. The minimum absolute atomic E-state index is 0.305. The topological polar surface area (TPSA) is 33.2 Å². The van der Waals surface area contributed by atoms with Crippen LogP contribution in [0, 0.1) is 0 Å². The number of nitrogens with zero attached hydrogens (tertiary/aromatic N) is 2. The normalized spacial score (nSPS) is 16.9. The predicted octanol–water partition coefficient (Wildman–Crippen LogP) is 2.56. The zero-order valence-electron chi connectivity index (χ0n) is 8.04. The summed E-state index contributed by atoms with van der Waals surface area (Å²) in [5.74, 6) is 1.05. The van der Waals surface area contributed by atoms with Crippen LogP contribution in [-0.4, -0.2) is 23.9 Å². The third kappa shape index (κ3) is 2.61. The standard InChI is InChI=1S/C10H10Cl2N2O/c11-7-5-9(12)13-10(6-7)14-3-1-8(15)2-4-14/h5-6H,1-4H2. The summed E-state index contributed by atoms with van der Waals surface area (Å²) in [5.41, 5.74) is 0. The van der Waals surface area contributed by atoms with Crippen LogP contribution >= 0.6 is 23.2 Å². The Balaban J connectivity index is 2.18. The van der Waals surface area contributed by atoms with Gasteiger partial charge in [0, 0.05) is 31.0 Å². The van der Waals surface area contributed by atoms with E-state index in [4.69, 9.17) is 23.2 Å². The quantitative estimate of drug-likeness (QED) is 0.713. The van der Waals surface area contributed by atoms with Gasteiger partial charge in [0.25, 0.3) is 0 Å². The molecule has 0 saturated carbocycles. The lowest BCUT2D eigenvalue weighted by Gasteiger charge is -2.27. The molecule has 0 spiro atoms. The molecule has 80 valence electrons. The van der Waals surface area contributed by atoms with Crippen LogP contribution in [0.5, 0.6) is 0 Å². The minimum atomic E-state index is 0.305. The van der Waals surface area contributed by atoms with Gasteiger partial charge in [0.15, 0.2) is 0 Å². The van der Waals surface area contributed by atoms with E-state index in [-0.39, 0.29) is 0 Å². The van der Waals surface area contributed by atoms with Gasteiger partial charge in [-0.25, -0.2) is 4.98 Å². The number of ketones is 1. The molecule has 0 unspecified atom stereocenters. The fourth-order valence-electron chi connectivity index (χ4n) is 1.60. The number of pyridine rings is 1. The Labute approximate surface area is 98.0 Å². The molecule has 0 aliphatic carbocycles. The molecular weight excluding hydrogens is 235 g/mol. The first-order valence-electron chi connectivity index (χ1n) is 4.75. The molecule has 5 heteroatoms. The minimum Gasteiger partial charge on any atom is -0.356 e. The van der Waals surface area contributed by atoms with Crippen molar-refractivity contribution in [3.8, 4) is 0 Å². The first-order valence-corrected chi connectivity index (χ1v) is 5.50. The molecule has 0 aromatic carbocycles. The van der Waals surface area contributed by atoms with E-state index in [1.54, 1.807) is 12.1 Å². The van der Waals surface area contributed by atoms with Crippen molar-refractivity contribution in [1.82, 2.24) is 4.98 Å². The highest BCUT2D eigenvalue weighted by molar-refractivity contribution is 6.34. The second-order valence-electron chi connectivity index (χ2n) is 3.49. The maximum atomic E-state index is 11.1. The Kier molecular flexibility index (Phi) is 3.12. The van der Waals surface area contributed by atoms with Crippen LogP contribution in [0.15, 0.2) is 12.1 Å². The van der Waals surface area contributed by atoms with Crippen LogP contribution in [0.2, 0.25) is 10.2 Å². The van der Waals surface area contributed by atoms with Crippen molar-refractivity contribution in [3.63, 3.8) is 0 Å². The van der Waals surface area contributed by atoms with Crippen molar-refractivity contribution in [2.24, 2.45) is 0 Å². The zero-order valence-corrected chi connectivity index (χ0v) is 9.55. The lowest BCUT2D eigenvalue weighted by atomic mass is 10.1. The summed E-state index contributed by atoms with van der Waals surface area (Å²) < 4.78 is 0. The molecule has 1 fully saturated rings. The number of carbonyl (C=O) groups excluding carboxylic acids is 1. The van der Waals surface area contributed by atoms with Gasteiger partial charge in [0.1, 0.15) is 16.8 Å². The smallest absolute Gasteiger partial charge is 0.136 e. The summed E-state index contributed by atoms with van der Waals surface area (Å²) in [7, 11) is 0. The Bertz CT molecular complexity index is 365. The molecule has 1 aliphatic heterocycles. The van der Waals surface area contributed by atoms with E-state index in [9.17, 15) is 4.79 Å². The average Bonchev–Trinajstić information content (AvgIpc) is 2.17. The van der Waals surface area contributed by atoms with Gasteiger partial charge in [-0.2, -0.15) is 0 Å². The van der Waals surface area contributed by atoms with Crippen molar-refractivity contribution in [1.29, 1.82) is 0 Å². The molecule has 1 aromatic rings. The molecule has 1 aliphatic rings. The SMILES string of the molecule is O=C1CCN(c2cc(Cl)cc(Cl)n2)CC1. The molecule has 0 atom stereocenters. The van der Waals surface area contributed by atoms with Gasteiger partial charge in [0.2, 0.25) is 0 Å². The summed E-state index contributed by atoms with van der Waals surface area (Å²) in [6, 6.07) is 3.37. The average molecular weight is 245 g/mol. The van der Waals surface area contributed by atoms with Crippen LogP contribution in [0.1, 0.15) is 12.8 Å². The third-order valence-corrected chi connectivity index (χ3v) is 2.80. The Morgan fingerprint density at radius 3 is 2.47 bits per heavy atom. The number of anilines is 1. The van der Waals surface area contributed by atoms with Crippen molar-refractivity contribution < 1.29 is 4.79 Å². The molecule has 3 nitrogen and oxygen atoms in total. The van der Waals surface area contributed by atoms with Crippen molar-refractivity contribution in [2.75, 3.05) is 18.0 Å². The number of aromatic nitrogens is 1. The van der Waals surface area contributed by atoms with E-state index in [1.165, 1.54) is 0 Å². The van der Waals surface area contributed by atoms with Gasteiger partial charge >= 0.3 is 0 Å². The maximum Gasteiger partial charge on any atom is 0.136 e. The van der Waals surface area contributed by atoms with E-state index < -0.39 is 0 Å². The zero-order chi connectivity index (χ0) is 10.8. The highest BCUT2D eigenvalue weighted by atomic mass is 35.5. The molecule has 0 bridgehead atoms. The van der Waals surface area contributed by atoms with Crippen LogP contribution in [0.25, 0.3) is 0 Å². The number of hydrogen-bond donors (Lipinski definition) is 0. The first-order chi connectivity index (χ1) is 7.15. The van der Waals surface area contributed by atoms with Gasteiger partial charge in [-0.3, -0.25) is 4.79 Å². The summed E-state index contributed by atoms with van der Waals surface area (Å²) in [4.78, 5) is 17.3. The molecule has 0 radical (unpaired) electrons. The molecule has 1 saturated heterocycles. The second-order valence-corrected chi connectivity index (χ2v) is 4.32. The van der Waals surface area contributed by atoms with Crippen LogP contribution < -0.4 is 4.90 Å². The molecule has 1 aromatic heterocycles. The number of rotatable bonds is 1. The Hall–Kier alpha value is -0.800. The van der Waals surface area contributed by atoms with Crippen molar-refractivity contribution in [3.05, 3.63) is 22.3 Å². The summed E-state index contributed by atoms with van der Waals surface area (Å²) in [5, 5.41) is 0.955. The van der Waals surface area contributed by atoms with E-state index in [1.807, 2.05) is 4.90 Å². The van der Waals surface area contributed by atoms with E-state index in [0.717, 1.165) is 5.82 Å². The molecule has 2 rings (SSSR count). The van der Waals surface area contributed by atoms with Crippen LogP contribution in [0.4, 0.5) is 5.82 Å². The number of halogens is 2. The summed E-state index contributed by atoms with van der Waals surface area (Å²) in [6.45, 7) is 1.39. The van der Waals surface area contributed by atoms with Gasteiger partial charge in [-0.15, -0.1) is 0 Å². The van der Waals surface area contributed by atoms with Gasteiger partial charge in [-0.1, -0.05) is 23.2 Å². The molecular formula is C10H10Cl2N2O. The fourth-order valence-corrected chi connectivity index (χ4v) is 2.06. The third-order valence-electron chi connectivity index (χ3n) is 2.39. The van der Waals surface area contributed by atoms with Crippen LogP contribution in [-0.2, 0) is 4.79 Å². The highest BCUT2D eigenvalue weighted by Crippen LogP contribution is 2.23. The number of carbonyl (C=O) groups is 1. The molecule has 0 N–H and O–H groups in total. The number of hydrogen-bond acceptors (Lipinski definition) is 3. The maximum absolute atomic E-state index is 11.1. The molecule has 2 heterocycles. The monoisotopic (exact) mass is 244 g/mol. The first kappa shape index (κ1) is 10.7. The molecule has 0 amide bonds. The lowest BCUT2D eigenvalue weighted by Crippen LogP contribution is -2.34. The highest BCUT2D eigenvalue weighted by Gasteiger charge is 2.17. The number of Topliss-reactive ketones (excluding diaryl/α,β-unsaturated/α-hetero) is 1. The van der Waals surface area contributed by atoms with Gasteiger partial charge in [0.05, 0.1) is 0 Å².